The normalized spacial score (nSPS) is 11.3. The number of hydrogen-bond donors (Lipinski definition) is 1. The molecule has 0 amide bonds. The van der Waals surface area contributed by atoms with E-state index in [0.29, 0.717) is 5.69 Å². The Bertz CT molecular complexity index is 719. The molecule has 0 saturated heterocycles. The second-order valence-corrected chi connectivity index (χ2v) is 7.04. The molecular formula is C12H10ClIN2O2S. The summed E-state index contributed by atoms with van der Waals surface area (Å²) in [6.07, 6.45) is 2.67. The summed E-state index contributed by atoms with van der Waals surface area (Å²) in [5, 5.41) is 0.144. The first-order valence-electron chi connectivity index (χ1n) is 5.29. The standard InChI is InChI=1S/C12H10ClIN2O2S/c1-8-10(14)3-2-4-11(8)16-19(17,18)12-7-15-6-5-9(12)13/h2-7,16H,1H3. The van der Waals surface area contributed by atoms with E-state index in [2.05, 4.69) is 32.3 Å². The van der Waals surface area contributed by atoms with Crippen molar-refractivity contribution in [1.82, 2.24) is 4.98 Å². The van der Waals surface area contributed by atoms with Crippen molar-refractivity contribution < 1.29 is 8.42 Å². The lowest BCUT2D eigenvalue weighted by atomic mass is 10.2. The summed E-state index contributed by atoms with van der Waals surface area (Å²) >= 11 is 8.04. The Hall–Kier alpha value is -0.860. The van der Waals surface area contributed by atoms with Crippen LogP contribution >= 0.6 is 34.2 Å². The van der Waals surface area contributed by atoms with Crippen molar-refractivity contribution >= 4 is 49.9 Å². The fraction of sp³-hybridized carbons (Fsp3) is 0.0833. The van der Waals surface area contributed by atoms with E-state index in [9.17, 15) is 8.42 Å². The fourth-order valence-electron chi connectivity index (χ4n) is 1.48. The van der Waals surface area contributed by atoms with Crippen LogP contribution in [0.1, 0.15) is 5.56 Å². The molecule has 2 rings (SSSR count). The van der Waals surface area contributed by atoms with Crippen LogP contribution in [0.4, 0.5) is 5.69 Å². The van der Waals surface area contributed by atoms with E-state index in [4.69, 9.17) is 11.6 Å². The van der Waals surface area contributed by atoms with Crippen molar-refractivity contribution in [1.29, 1.82) is 0 Å². The lowest BCUT2D eigenvalue weighted by Crippen LogP contribution is -2.14. The Kier molecular flexibility index (Phi) is 4.32. The maximum atomic E-state index is 12.2. The number of pyridine rings is 1. The Morgan fingerprint density at radius 3 is 2.74 bits per heavy atom. The molecule has 7 heteroatoms. The largest absolute Gasteiger partial charge is 0.279 e. The smallest absolute Gasteiger partial charge is 0.264 e. The summed E-state index contributed by atoms with van der Waals surface area (Å²) in [7, 11) is -3.73. The molecule has 100 valence electrons. The van der Waals surface area contributed by atoms with E-state index in [1.807, 2.05) is 13.0 Å². The maximum absolute atomic E-state index is 12.2. The number of aromatic nitrogens is 1. The first kappa shape index (κ1) is 14.5. The second kappa shape index (κ2) is 5.64. The second-order valence-electron chi connectivity index (χ2n) is 3.82. The average molecular weight is 409 g/mol. The third-order valence-corrected chi connectivity index (χ3v) is 5.54. The molecule has 4 nitrogen and oxygen atoms in total. The molecule has 0 aliphatic rings. The van der Waals surface area contributed by atoms with Crippen molar-refractivity contribution in [3.05, 3.63) is 50.8 Å². The molecule has 0 saturated carbocycles. The molecule has 0 atom stereocenters. The zero-order chi connectivity index (χ0) is 14.0. The van der Waals surface area contributed by atoms with Gasteiger partial charge in [-0.15, -0.1) is 0 Å². The molecule has 0 unspecified atom stereocenters. The van der Waals surface area contributed by atoms with E-state index < -0.39 is 10.0 Å². The average Bonchev–Trinajstić information content (AvgIpc) is 2.35. The molecule has 1 aromatic heterocycles. The molecule has 1 N–H and O–H groups in total. The third-order valence-electron chi connectivity index (χ3n) is 2.54. The zero-order valence-electron chi connectivity index (χ0n) is 9.89. The summed E-state index contributed by atoms with van der Waals surface area (Å²) in [6, 6.07) is 6.85. The Labute approximate surface area is 130 Å². The van der Waals surface area contributed by atoms with Crippen LogP contribution in [0.5, 0.6) is 0 Å². The van der Waals surface area contributed by atoms with E-state index in [1.54, 1.807) is 12.1 Å². The number of sulfonamides is 1. The number of nitrogens with one attached hydrogen (secondary N) is 1. The molecule has 1 heterocycles. The molecule has 19 heavy (non-hydrogen) atoms. The molecule has 0 radical (unpaired) electrons. The molecule has 0 aliphatic heterocycles. The zero-order valence-corrected chi connectivity index (χ0v) is 13.6. The van der Waals surface area contributed by atoms with Gasteiger partial charge in [0, 0.05) is 16.0 Å². The van der Waals surface area contributed by atoms with Crippen molar-refractivity contribution in [3.8, 4) is 0 Å². The quantitative estimate of drug-likeness (QED) is 0.792. The number of hydrogen-bond acceptors (Lipinski definition) is 3. The van der Waals surface area contributed by atoms with E-state index in [0.717, 1.165) is 9.13 Å². The molecule has 1 aromatic carbocycles. The highest BCUT2D eigenvalue weighted by molar-refractivity contribution is 14.1. The third kappa shape index (κ3) is 3.18. The van der Waals surface area contributed by atoms with Gasteiger partial charge in [0.2, 0.25) is 0 Å². The molecule has 2 aromatic rings. The summed E-state index contributed by atoms with van der Waals surface area (Å²) in [5.41, 5.74) is 1.40. The van der Waals surface area contributed by atoms with Crippen LogP contribution in [0.2, 0.25) is 5.02 Å². The van der Waals surface area contributed by atoms with Gasteiger partial charge in [0.05, 0.1) is 10.7 Å². The topological polar surface area (TPSA) is 59.1 Å². The lowest BCUT2D eigenvalue weighted by molar-refractivity contribution is 0.601. The van der Waals surface area contributed by atoms with Gasteiger partial charge in [-0.1, -0.05) is 17.7 Å². The maximum Gasteiger partial charge on any atom is 0.264 e. The van der Waals surface area contributed by atoms with Gasteiger partial charge in [0.1, 0.15) is 4.90 Å². The monoisotopic (exact) mass is 408 g/mol. The van der Waals surface area contributed by atoms with Gasteiger partial charge >= 0.3 is 0 Å². The predicted molar refractivity (Wildman–Crippen MR) is 84.0 cm³/mol. The van der Waals surface area contributed by atoms with Gasteiger partial charge in [0.15, 0.2) is 0 Å². The number of halogens is 2. The highest BCUT2D eigenvalue weighted by atomic mass is 127. The number of nitrogens with zero attached hydrogens (tertiary/aromatic N) is 1. The Morgan fingerprint density at radius 2 is 2.05 bits per heavy atom. The molecule has 0 spiro atoms. The number of anilines is 1. The molecule has 0 bridgehead atoms. The summed E-state index contributed by atoms with van der Waals surface area (Å²) < 4.78 is 28.0. The van der Waals surface area contributed by atoms with Crippen LogP contribution in [0.15, 0.2) is 41.6 Å². The molecular weight excluding hydrogens is 399 g/mol. The first-order chi connectivity index (χ1) is 8.92. The SMILES string of the molecule is Cc1c(I)cccc1NS(=O)(=O)c1cnccc1Cl. The van der Waals surface area contributed by atoms with Crippen LogP contribution in [0, 0.1) is 10.5 Å². The van der Waals surface area contributed by atoms with E-state index in [-0.39, 0.29) is 9.92 Å². The highest BCUT2D eigenvalue weighted by Crippen LogP contribution is 2.25. The first-order valence-corrected chi connectivity index (χ1v) is 8.23. The van der Waals surface area contributed by atoms with Crippen molar-refractivity contribution in [3.63, 3.8) is 0 Å². The van der Waals surface area contributed by atoms with Crippen molar-refractivity contribution in [2.24, 2.45) is 0 Å². The van der Waals surface area contributed by atoms with Crippen LogP contribution in [0.25, 0.3) is 0 Å². The van der Waals surface area contributed by atoms with E-state index >= 15 is 0 Å². The van der Waals surface area contributed by atoms with Crippen LogP contribution in [-0.4, -0.2) is 13.4 Å². The minimum absolute atomic E-state index is 0.0325. The van der Waals surface area contributed by atoms with Gasteiger partial charge < -0.3 is 0 Å². The number of rotatable bonds is 3. The minimum Gasteiger partial charge on any atom is -0.279 e. The van der Waals surface area contributed by atoms with Gasteiger partial charge in [-0.25, -0.2) is 8.42 Å². The van der Waals surface area contributed by atoms with Crippen LogP contribution in [0.3, 0.4) is 0 Å². The highest BCUT2D eigenvalue weighted by Gasteiger charge is 2.19. The lowest BCUT2D eigenvalue weighted by Gasteiger charge is -2.12. The molecule has 0 aliphatic carbocycles. The van der Waals surface area contributed by atoms with Crippen LogP contribution in [-0.2, 0) is 10.0 Å². The van der Waals surface area contributed by atoms with Crippen LogP contribution < -0.4 is 4.72 Å². The van der Waals surface area contributed by atoms with Gasteiger partial charge in [-0.3, -0.25) is 9.71 Å². The Balaban J connectivity index is 2.43. The van der Waals surface area contributed by atoms with Gasteiger partial charge in [-0.2, -0.15) is 0 Å². The van der Waals surface area contributed by atoms with E-state index in [1.165, 1.54) is 18.5 Å². The number of benzene rings is 1. The van der Waals surface area contributed by atoms with Crippen molar-refractivity contribution in [2.45, 2.75) is 11.8 Å². The predicted octanol–water partition coefficient (Wildman–Crippen LogP) is 3.45. The molecule has 0 fully saturated rings. The van der Waals surface area contributed by atoms with Gasteiger partial charge in [0.25, 0.3) is 10.0 Å². The summed E-state index contributed by atoms with van der Waals surface area (Å²) in [4.78, 5) is 3.76. The summed E-state index contributed by atoms with van der Waals surface area (Å²) in [6.45, 7) is 1.85. The van der Waals surface area contributed by atoms with Gasteiger partial charge in [-0.05, 0) is 53.3 Å². The fourth-order valence-corrected chi connectivity index (χ4v) is 3.53. The minimum atomic E-state index is -3.73. The van der Waals surface area contributed by atoms with Crippen molar-refractivity contribution in [2.75, 3.05) is 4.72 Å². The Morgan fingerprint density at radius 1 is 1.32 bits per heavy atom. The summed E-state index contributed by atoms with van der Waals surface area (Å²) in [5.74, 6) is 0.